The molecule has 0 aliphatic heterocycles. The Balaban J connectivity index is 0.000000167. The largest absolute Gasteiger partial charge is 0.473 e. The summed E-state index contributed by atoms with van der Waals surface area (Å²) in [6.07, 6.45) is 3.25. The summed E-state index contributed by atoms with van der Waals surface area (Å²) < 4.78 is 4.58. The van der Waals surface area contributed by atoms with E-state index < -0.39 is 0 Å². The minimum absolute atomic E-state index is 0. The lowest BCUT2D eigenvalue weighted by atomic mass is 10.7. The summed E-state index contributed by atoms with van der Waals surface area (Å²) in [4.78, 5) is 0. The zero-order valence-electron chi connectivity index (χ0n) is 5.84. The highest BCUT2D eigenvalue weighted by atomic mass is 35.5. The molecule has 0 aromatic carbocycles. The van der Waals surface area contributed by atoms with Crippen LogP contribution in [0.25, 0.3) is 0 Å². The molecule has 2 heterocycles. The van der Waals surface area contributed by atoms with Gasteiger partial charge < -0.3 is 4.42 Å². The second-order valence-corrected chi connectivity index (χ2v) is 2.40. The van der Waals surface area contributed by atoms with Crippen molar-refractivity contribution in [1.29, 1.82) is 0 Å². The Morgan fingerprint density at radius 2 is 1.36 bits per heavy atom. The maximum atomic E-state index is 4.58. The first-order valence-corrected chi connectivity index (χ1v) is 3.89. The summed E-state index contributed by atoms with van der Waals surface area (Å²) in [5, 5.41) is 4.08. The molecule has 0 N–H and O–H groups in total. The van der Waals surface area contributed by atoms with Gasteiger partial charge in [0, 0.05) is 0 Å². The Bertz CT molecular complexity index is 153. The Morgan fingerprint density at radius 3 is 1.55 bits per heavy atom. The van der Waals surface area contributed by atoms with Gasteiger partial charge in [-0.25, -0.2) is 0 Å². The van der Waals surface area contributed by atoms with Gasteiger partial charge in [-0.3, -0.25) is 0 Å². The van der Waals surface area contributed by atoms with Gasteiger partial charge in [-0.2, -0.15) is 11.3 Å². The lowest BCUT2D eigenvalue weighted by Crippen LogP contribution is -1.16. The molecule has 2 rings (SSSR count). The van der Waals surface area contributed by atoms with Gasteiger partial charge in [0.2, 0.25) is 0 Å². The van der Waals surface area contributed by atoms with Crippen molar-refractivity contribution >= 4 is 23.7 Å². The molecule has 0 unspecified atom stereocenters. The van der Waals surface area contributed by atoms with Crippen molar-refractivity contribution in [2.45, 2.75) is 0 Å². The van der Waals surface area contributed by atoms with E-state index in [0.29, 0.717) is 0 Å². The Kier molecular flexibility index (Phi) is 6.89. The van der Waals surface area contributed by atoms with Crippen LogP contribution in [-0.2, 0) is 0 Å². The average molecular weight is 189 g/mol. The number of halogens is 1. The molecule has 0 fully saturated rings. The molecule has 0 aliphatic carbocycles. The summed E-state index contributed by atoms with van der Waals surface area (Å²) in [7, 11) is 0. The Labute approximate surface area is 76.1 Å². The van der Waals surface area contributed by atoms with Crippen LogP contribution in [-0.4, -0.2) is 0 Å². The molecule has 0 aliphatic rings. The molecular weight excluding hydrogens is 180 g/mol. The van der Waals surface area contributed by atoms with Gasteiger partial charge in [0.25, 0.3) is 0 Å². The number of hydrogen-bond donors (Lipinski definition) is 0. The van der Waals surface area contributed by atoms with Crippen LogP contribution >= 0.6 is 23.7 Å². The highest BCUT2D eigenvalue weighted by Crippen LogP contribution is 1.91. The van der Waals surface area contributed by atoms with E-state index in [2.05, 4.69) is 4.42 Å². The predicted molar refractivity (Wildman–Crippen MR) is 50.3 cm³/mol. The summed E-state index contributed by atoms with van der Waals surface area (Å²) >= 11 is 1.71. The van der Waals surface area contributed by atoms with Crippen LogP contribution in [0.2, 0.25) is 0 Å². The first kappa shape index (κ1) is 10.3. The fraction of sp³-hybridized carbons (Fsp3) is 0. The minimum Gasteiger partial charge on any atom is -0.473 e. The van der Waals surface area contributed by atoms with E-state index >= 15 is 0 Å². The van der Waals surface area contributed by atoms with Gasteiger partial charge in [-0.05, 0) is 22.9 Å². The first-order valence-electron chi connectivity index (χ1n) is 2.94. The van der Waals surface area contributed by atoms with Crippen molar-refractivity contribution in [1.82, 2.24) is 0 Å². The molecule has 3 heteroatoms. The number of hydrogen-bond acceptors (Lipinski definition) is 2. The summed E-state index contributed by atoms with van der Waals surface area (Å²) in [6, 6.07) is 7.70. The van der Waals surface area contributed by atoms with Crippen molar-refractivity contribution < 1.29 is 4.42 Å². The second kappa shape index (κ2) is 7.38. The highest BCUT2D eigenvalue weighted by molar-refractivity contribution is 7.07. The fourth-order valence-electron chi connectivity index (χ4n) is 0.454. The van der Waals surface area contributed by atoms with Crippen LogP contribution in [0.5, 0.6) is 0 Å². The van der Waals surface area contributed by atoms with Gasteiger partial charge in [-0.1, -0.05) is 12.1 Å². The summed E-state index contributed by atoms with van der Waals surface area (Å²) in [6.45, 7) is 0. The van der Waals surface area contributed by atoms with E-state index in [9.17, 15) is 0 Å². The molecule has 2 aromatic rings. The summed E-state index contributed by atoms with van der Waals surface area (Å²) in [5.41, 5.74) is 0. The van der Waals surface area contributed by atoms with Gasteiger partial charge in [0.15, 0.2) is 0 Å². The molecule has 0 spiro atoms. The van der Waals surface area contributed by atoms with Gasteiger partial charge in [-0.15, -0.1) is 12.4 Å². The van der Waals surface area contributed by atoms with Crippen LogP contribution in [0.1, 0.15) is 0 Å². The maximum Gasteiger partial charge on any atom is 0.0902 e. The molecule has 0 atom stereocenters. The molecule has 60 valence electrons. The third kappa shape index (κ3) is 5.70. The quantitative estimate of drug-likeness (QED) is 0.617. The van der Waals surface area contributed by atoms with Crippen molar-refractivity contribution in [2.75, 3.05) is 0 Å². The van der Waals surface area contributed by atoms with Crippen LogP contribution in [0.4, 0.5) is 0 Å². The van der Waals surface area contributed by atoms with E-state index in [-0.39, 0.29) is 12.4 Å². The lowest BCUT2D eigenvalue weighted by Gasteiger charge is -1.50. The zero-order chi connectivity index (χ0) is 7.07. The Hall–Kier alpha value is -0.730. The zero-order valence-corrected chi connectivity index (χ0v) is 7.48. The summed E-state index contributed by atoms with van der Waals surface area (Å²) in [5.74, 6) is 0. The SMILES string of the molecule is Cl.c1ccoc1.c1ccsc1. The minimum atomic E-state index is 0. The van der Waals surface area contributed by atoms with E-state index in [0.717, 1.165) is 0 Å². The standard InChI is InChI=1S/C4H4O.C4H4S.ClH/c2*1-2-4-5-3-1;/h2*1-4H;1H. The molecule has 0 radical (unpaired) electrons. The normalized spacial score (nSPS) is 7.27. The average Bonchev–Trinajstić information content (AvgIpc) is 2.67. The van der Waals surface area contributed by atoms with Crippen LogP contribution < -0.4 is 0 Å². The van der Waals surface area contributed by atoms with Crippen molar-refractivity contribution in [2.24, 2.45) is 0 Å². The van der Waals surface area contributed by atoms with E-state index in [1.807, 2.05) is 35.0 Å². The number of thiophene rings is 1. The van der Waals surface area contributed by atoms with E-state index in [4.69, 9.17) is 0 Å². The smallest absolute Gasteiger partial charge is 0.0902 e. The highest BCUT2D eigenvalue weighted by Gasteiger charge is 1.59. The first-order chi connectivity index (χ1) is 5.00. The van der Waals surface area contributed by atoms with E-state index in [1.165, 1.54) is 0 Å². The topological polar surface area (TPSA) is 13.1 Å². The molecule has 2 aromatic heterocycles. The lowest BCUT2D eigenvalue weighted by molar-refractivity contribution is 0.567. The van der Waals surface area contributed by atoms with E-state index in [1.54, 1.807) is 23.9 Å². The fourth-order valence-corrected chi connectivity index (χ4v) is 0.907. The molecule has 0 saturated heterocycles. The molecule has 0 amide bonds. The van der Waals surface area contributed by atoms with Crippen molar-refractivity contribution in [3.8, 4) is 0 Å². The van der Waals surface area contributed by atoms with Crippen molar-refractivity contribution in [3.63, 3.8) is 0 Å². The van der Waals surface area contributed by atoms with Gasteiger partial charge in [0.05, 0.1) is 12.5 Å². The third-order valence-corrected chi connectivity index (χ3v) is 1.48. The molecular formula is C8H9ClOS. The third-order valence-electron chi connectivity index (χ3n) is 0.851. The second-order valence-electron chi connectivity index (χ2n) is 1.59. The monoisotopic (exact) mass is 188 g/mol. The maximum absolute atomic E-state index is 4.58. The van der Waals surface area contributed by atoms with Crippen molar-refractivity contribution in [3.05, 3.63) is 47.6 Å². The molecule has 0 saturated carbocycles. The van der Waals surface area contributed by atoms with Gasteiger partial charge in [0.1, 0.15) is 0 Å². The Morgan fingerprint density at radius 1 is 0.818 bits per heavy atom. The van der Waals surface area contributed by atoms with Crippen LogP contribution in [0.3, 0.4) is 0 Å². The number of rotatable bonds is 0. The molecule has 0 bridgehead atoms. The molecule has 11 heavy (non-hydrogen) atoms. The van der Waals surface area contributed by atoms with Crippen LogP contribution in [0, 0.1) is 0 Å². The predicted octanol–water partition coefficient (Wildman–Crippen LogP) is 3.45. The number of furan rings is 1. The van der Waals surface area contributed by atoms with Crippen LogP contribution in [0.15, 0.2) is 52.0 Å². The molecule has 1 nitrogen and oxygen atoms in total. The van der Waals surface area contributed by atoms with Gasteiger partial charge >= 0.3 is 0 Å².